The molecular formula is C15H13FN4. The number of benzene rings is 2. The molecule has 0 aliphatic carbocycles. The van der Waals surface area contributed by atoms with Crippen molar-refractivity contribution >= 4 is 5.70 Å². The van der Waals surface area contributed by atoms with Gasteiger partial charge in [-0.3, -0.25) is 0 Å². The Morgan fingerprint density at radius 2 is 1.50 bits per heavy atom. The van der Waals surface area contributed by atoms with Crippen molar-refractivity contribution in [3.63, 3.8) is 0 Å². The van der Waals surface area contributed by atoms with Crippen molar-refractivity contribution in [2.24, 2.45) is 11.6 Å². The van der Waals surface area contributed by atoms with Gasteiger partial charge >= 0.3 is 0 Å². The van der Waals surface area contributed by atoms with Crippen molar-refractivity contribution in [1.29, 1.82) is 5.26 Å². The maximum atomic E-state index is 12.9. The van der Waals surface area contributed by atoms with Crippen molar-refractivity contribution < 1.29 is 4.39 Å². The molecule has 0 aliphatic rings. The smallest absolute Gasteiger partial charge is 0.151 e. The van der Waals surface area contributed by atoms with Crippen LogP contribution in [-0.2, 0) is 0 Å². The molecule has 2 aromatic rings. The average molecular weight is 268 g/mol. The maximum Gasteiger partial charge on any atom is 0.151 e. The van der Waals surface area contributed by atoms with E-state index in [9.17, 15) is 4.39 Å². The molecule has 0 unspecified atom stereocenters. The average Bonchev–Trinajstić information content (AvgIpc) is 2.49. The van der Waals surface area contributed by atoms with Gasteiger partial charge in [-0.15, -0.1) is 0 Å². The molecule has 100 valence electrons. The predicted octanol–water partition coefficient (Wildman–Crippen LogP) is 2.11. The molecule has 0 saturated heterocycles. The van der Waals surface area contributed by atoms with E-state index < -0.39 is 0 Å². The Hall–Kier alpha value is -2.84. The molecule has 0 fully saturated rings. The summed E-state index contributed by atoms with van der Waals surface area (Å²) in [6.45, 7) is 0. The number of nitrogens with zero attached hydrogens (tertiary/aromatic N) is 1. The zero-order chi connectivity index (χ0) is 14.5. The minimum atomic E-state index is -0.273. The quantitative estimate of drug-likeness (QED) is 0.452. The molecule has 0 aromatic heterocycles. The number of nitrogens with two attached hydrogens (primary N) is 2. The Kier molecular flexibility index (Phi) is 3.99. The van der Waals surface area contributed by atoms with Crippen LogP contribution in [-0.4, -0.2) is 0 Å². The van der Waals surface area contributed by atoms with Crippen LogP contribution in [0.2, 0.25) is 0 Å². The number of hydrogen-bond acceptors (Lipinski definition) is 4. The third-order valence-corrected chi connectivity index (χ3v) is 2.90. The number of hydrazine groups is 1. The van der Waals surface area contributed by atoms with Gasteiger partial charge in [-0.2, -0.15) is 5.26 Å². The number of allylic oxidation sites excluding steroid dienone is 1. The number of nitrogens with one attached hydrogen (secondary N) is 1. The lowest BCUT2D eigenvalue weighted by molar-refractivity contribution is 0.628. The first-order chi connectivity index (χ1) is 9.65. The van der Waals surface area contributed by atoms with Gasteiger partial charge in [0.15, 0.2) is 5.70 Å². The van der Waals surface area contributed by atoms with E-state index >= 15 is 0 Å². The highest BCUT2D eigenvalue weighted by Gasteiger charge is 2.05. The number of nitriles is 1. The summed E-state index contributed by atoms with van der Waals surface area (Å²) in [5.41, 5.74) is 11.0. The molecule has 5 heteroatoms. The molecule has 0 spiro atoms. The zero-order valence-electron chi connectivity index (χ0n) is 10.6. The molecule has 5 N–H and O–H groups in total. The highest BCUT2D eigenvalue weighted by Crippen LogP contribution is 2.22. The first-order valence-electron chi connectivity index (χ1n) is 5.88. The molecule has 0 bridgehead atoms. The van der Waals surface area contributed by atoms with Gasteiger partial charge in [0, 0.05) is 5.56 Å². The van der Waals surface area contributed by atoms with Gasteiger partial charge in [0.2, 0.25) is 0 Å². The zero-order valence-corrected chi connectivity index (χ0v) is 10.6. The molecule has 2 aromatic carbocycles. The van der Waals surface area contributed by atoms with Gasteiger partial charge in [-0.25, -0.2) is 10.2 Å². The Morgan fingerprint density at radius 1 is 1.00 bits per heavy atom. The summed E-state index contributed by atoms with van der Waals surface area (Å²) < 4.78 is 12.9. The summed E-state index contributed by atoms with van der Waals surface area (Å²) in [7, 11) is 0. The van der Waals surface area contributed by atoms with Crippen molar-refractivity contribution in [3.8, 4) is 17.2 Å². The summed E-state index contributed by atoms with van der Waals surface area (Å²) in [6.07, 6.45) is 0. The van der Waals surface area contributed by atoms with Crippen molar-refractivity contribution in [2.75, 3.05) is 0 Å². The van der Waals surface area contributed by atoms with Crippen LogP contribution in [0.5, 0.6) is 0 Å². The highest BCUT2D eigenvalue weighted by atomic mass is 19.1. The SMILES string of the molecule is N#C/C(NN)=C(/N)c1ccc(-c2ccc(F)cc2)cc1. The topological polar surface area (TPSA) is 87.9 Å². The van der Waals surface area contributed by atoms with Gasteiger partial charge in [-0.05, 0) is 23.3 Å². The van der Waals surface area contributed by atoms with E-state index in [0.29, 0.717) is 5.56 Å². The van der Waals surface area contributed by atoms with Crippen molar-refractivity contribution in [3.05, 3.63) is 65.6 Å². The Balaban J connectivity index is 2.34. The normalized spacial score (nSPS) is 11.4. The fourth-order valence-electron chi connectivity index (χ4n) is 1.80. The fraction of sp³-hybridized carbons (Fsp3) is 0. The molecule has 2 rings (SSSR count). The summed E-state index contributed by atoms with van der Waals surface area (Å²) >= 11 is 0. The van der Waals surface area contributed by atoms with E-state index in [-0.39, 0.29) is 17.2 Å². The minimum absolute atomic E-state index is 0.111. The van der Waals surface area contributed by atoms with E-state index in [0.717, 1.165) is 11.1 Å². The second-order valence-corrected chi connectivity index (χ2v) is 4.13. The van der Waals surface area contributed by atoms with Crippen LogP contribution in [0.1, 0.15) is 5.56 Å². The van der Waals surface area contributed by atoms with Crippen LogP contribution < -0.4 is 17.0 Å². The Labute approximate surface area is 116 Å². The van der Waals surface area contributed by atoms with Gasteiger partial charge in [0.05, 0.1) is 5.70 Å². The Morgan fingerprint density at radius 3 is 1.95 bits per heavy atom. The summed E-state index contributed by atoms with van der Waals surface area (Å²) in [5.74, 6) is 4.94. The van der Waals surface area contributed by atoms with Crippen molar-refractivity contribution in [2.45, 2.75) is 0 Å². The van der Waals surface area contributed by atoms with Crippen LogP contribution in [0.3, 0.4) is 0 Å². The summed E-state index contributed by atoms with van der Waals surface area (Å²) in [4.78, 5) is 0. The Bertz CT molecular complexity index is 667. The van der Waals surface area contributed by atoms with Crippen LogP contribution in [0.25, 0.3) is 16.8 Å². The summed E-state index contributed by atoms with van der Waals surface area (Å²) in [6, 6.07) is 15.3. The van der Waals surface area contributed by atoms with Crippen molar-refractivity contribution in [1.82, 2.24) is 5.43 Å². The van der Waals surface area contributed by atoms with Crippen LogP contribution >= 0.6 is 0 Å². The molecule has 0 amide bonds. The third-order valence-electron chi connectivity index (χ3n) is 2.90. The molecule has 0 radical (unpaired) electrons. The van der Waals surface area contributed by atoms with Crippen LogP contribution in [0.4, 0.5) is 4.39 Å². The number of halogens is 1. The lowest BCUT2D eigenvalue weighted by Gasteiger charge is -2.07. The lowest BCUT2D eigenvalue weighted by atomic mass is 10.0. The first kappa shape index (κ1) is 13.6. The molecule has 20 heavy (non-hydrogen) atoms. The van der Waals surface area contributed by atoms with E-state index in [1.807, 2.05) is 18.2 Å². The third kappa shape index (κ3) is 2.76. The van der Waals surface area contributed by atoms with Crippen LogP contribution in [0, 0.1) is 17.1 Å². The molecule has 0 heterocycles. The molecule has 0 atom stereocenters. The van der Waals surface area contributed by atoms with Gasteiger partial charge in [-0.1, -0.05) is 36.4 Å². The fourth-order valence-corrected chi connectivity index (χ4v) is 1.80. The maximum absolute atomic E-state index is 12.9. The summed E-state index contributed by atoms with van der Waals surface area (Å²) in [5, 5.41) is 8.85. The lowest BCUT2D eigenvalue weighted by Crippen LogP contribution is -2.23. The second kappa shape index (κ2) is 5.87. The molecule has 0 aliphatic heterocycles. The van der Waals surface area contributed by atoms with Gasteiger partial charge < -0.3 is 11.2 Å². The molecular weight excluding hydrogens is 255 g/mol. The highest BCUT2D eigenvalue weighted by molar-refractivity contribution is 5.72. The standard InChI is InChI=1S/C15H13FN4/c16-13-7-5-11(6-8-13)10-1-3-12(4-2-10)15(18)14(9-17)20-19/h1-8,20H,18-19H2/b15-14-. The predicted molar refractivity (Wildman–Crippen MR) is 75.9 cm³/mol. The number of hydrogen-bond donors (Lipinski definition) is 3. The molecule has 4 nitrogen and oxygen atoms in total. The minimum Gasteiger partial charge on any atom is -0.396 e. The first-order valence-corrected chi connectivity index (χ1v) is 5.88. The second-order valence-electron chi connectivity index (χ2n) is 4.13. The largest absolute Gasteiger partial charge is 0.396 e. The van der Waals surface area contributed by atoms with Crippen LogP contribution in [0.15, 0.2) is 54.2 Å². The van der Waals surface area contributed by atoms with E-state index in [2.05, 4.69) is 5.43 Å². The van der Waals surface area contributed by atoms with Gasteiger partial charge in [0.1, 0.15) is 11.9 Å². The van der Waals surface area contributed by atoms with E-state index in [1.165, 1.54) is 12.1 Å². The number of rotatable bonds is 3. The molecule has 0 saturated carbocycles. The monoisotopic (exact) mass is 268 g/mol. The van der Waals surface area contributed by atoms with E-state index in [1.54, 1.807) is 24.3 Å². The van der Waals surface area contributed by atoms with E-state index in [4.69, 9.17) is 16.8 Å². The van der Waals surface area contributed by atoms with Gasteiger partial charge in [0.25, 0.3) is 0 Å².